The van der Waals surface area contributed by atoms with Crippen molar-refractivity contribution in [1.82, 2.24) is 4.90 Å². The van der Waals surface area contributed by atoms with Crippen LogP contribution in [-0.4, -0.2) is 29.7 Å². The van der Waals surface area contributed by atoms with Gasteiger partial charge in [-0.05, 0) is 31.0 Å². The average molecular weight is 221 g/mol. The average Bonchev–Trinajstić information content (AvgIpc) is 2.21. The maximum Gasteiger partial charge on any atom is 0.0689 e. The Morgan fingerprint density at radius 3 is 2.44 bits per heavy atom. The summed E-state index contributed by atoms with van der Waals surface area (Å²) in [6.07, 6.45) is -0.242. The van der Waals surface area contributed by atoms with E-state index in [0.29, 0.717) is 5.92 Å². The van der Waals surface area contributed by atoms with Gasteiger partial charge in [0.25, 0.3) is 0 Å². The highest BCUT2D eigenvalue weighted by molar-refractivity contribution is 5.25. The van der Waals surface area contributed by atoms with Crippen molar-refractivity contribution in [1.29, 1.82) is 0 Å². The van der Waals surface area contributed by atoms with Gasteiger partial charge in [0.1, 0.15) is 0 Å². The monoisotopic (exact) mass is 221 g/mol. The van der Waals surface area contributed by atoms with Crippen LogP contribution in [0.25, 0.3) is 0 Å². The van der Waals surface area contributed by atoms with E-state index in [9.17, 15) is 5.11 Å². The summed E-state index contributed by atoms with van der Waals surface area (Å²) in [5, 5.41) is 9.80. The van der Waals surface area contributed by atoms with Crippen LogP contribution in [0.5, 0.6) is 0 Å². The van der Waals surface area contributed by atoms with Crippen LogP contribution in [0.1, 0.15) is 25.0 Å². The lowest BCUT2D eigenvalue weighted by Crippen LogP contribution is -2.32. The Kier molecular flexibility index (Phi) is 4.97. The third-order valence-corrected chi connectivity index (χ3v) is 2.97. The van der Waals surface area contributed by atoms with Gasteiger partial charge in [0, 0.05) is 13.1 Å². The summed E-state index contributed by atoms with van der Waals surface area (Å²) in [6.45, 7) is 7.85. The highest BCUT2D eigenvalue weighted by atomic mass is 16.3. The second kappa shape index (κ2) is 6.02. The van der Waals surface area contributed by atoms with E-state index in [0.717, 1.165) is 13.1 Å². The first-order valence-corrected chi connectivity index (χ1v) is 5.92. The first-order valence-electron chi connectivity index (χ1n) is 5.92. The van der Waals surface area contributed by atoms with Crippen molar-refractivity contribution in [3.8, 4) is 0 Å². The number of likely N-dealkylation sites (N-methyl/N-ethyl adjacent to an activating group) is 1. The molecule has 0 spiro atoms. The second-order valence-corrected chi connectivity index (χ2v) is 4.93. The van der Waals surface area contributed by atoms with Crippen molar-refractivity contribution in [3.05, 3.63) is 35.4 Å². The van der Waals surface area contributed by atoms with Gasteiger partial charge < -0.3 is 5.11 Å². The van der Waals surface area contributed by atoms with Crippen molar-refractivity contribution in [2.24, 2.45) is 5.92 Å². The summed E-state index contributed by atoms with van der Waals surface area (Å²) in [7, 11) is 2.05. The lowest BCUT2D eigenvalue weighted by Gasteiger charge is -2.23. The number of rotatable bonds is 5. The SMILES string of the molecule is Cc1ccccc1CN(C)CC(O)C(C)C. The molecule has 0 aliphatic heterocycles. The van der Waals surface area contributed by atoms with Crippen molar-refractivity contribution >= 4 is 0 Å². The van der Waals surface area contributed by atoms with E-state index < -0.39 is 0 Å². The summed E-state index contributed by atoms with van der Waals surface area (Å²) in [4.78, 5) is 2.17. The first-order chi connectivity index (χ1) is 7.50. The van der Waals surface area contributed by atoms with Gasteiger partial charge in [0.2, 0.25) is 0 Å². The van der Waals surface area contributed by atoms with Gasteiger partial charge in [-0.3, -0.25) is 4.90 Å². The zero-order valence-electron chi connectivity index (χ0n) is 10.8. The van der Waals surface area contributed by atoms with Gasteiger partial charge in [0.15, 0.2) is 0 Å². The fraction of sp³-hybridized carbons (Fsp3) is 0.571. The molecule has 2 heteroatoms. The molecule has 0 aliphatic rings. The molecule has 16 heavy (non-hydrogen) atoms. The third-order valence-electron chi connectivity index (χ3n) is 2.97. The van der Waals surface area contributed by atoms with Crippen LogP contribution in [0, 0.1) is 12.8 Å². The molecule has 0 fully saturated rings. The van der Waals surface area contributed by atoms with Crippen LogP contribution in [0.15, 0.2) is 24.3 Å². The Labute approximate surface area is 98.9 Å². The molecule has 2 nitrogen and oxygen atoms in total. The summed E-state index contributed by atoms with van der Waals surface area (Å²) >= 11 is 0. The number of benzene rings is 1. The molecule has 0 heterocycles. The Morgan fingerprint density at radius 2 is 1.88 bits per heavy atom. The van der Waals surface area contributed by atoms with E-state index in [-0.39, 0.29) is 6.10 Å². The number of hydrogen-bond donors (Lipinski definition) is 1. The molecule has 0 bridgehead atoms. The molecule has 0 saturated heterocycles. The Hall–Kier alpha value is -0.860. The Balaban J connectivity index is 2.52. The fourth-order valence-electron chi connectivity index (χ4n) is 1.67. The smallest absolute Gasteiger partial charge is 0.0689 e. The van der Waals surface area contributed by atoms with Crippen LogP contribution in [0.4, 0.5) is 0 Å². The molecule has 1 unspecified atom stereocenters. The maximum atomic E-state index is 9.80. The van der Waals surface area contributed by atoms with E-state index in [2.05, 4.69) is 43.1 Å². The minimum atomic E-state index is -0.242. The first kappa shape index (κ1) is 13.2. The van der Waals surface area contributed by atoms with Gasteiger partial charge in [-0.15, -0.1) is 0 Å². The molecule has 1 aromatic rings. The zero-order chi connectivity index (χ0) is 12.1. The van der Waals surface area contributed by atoms with Gasteiger partial charge in [-0.2, -0.15) is 0 Å². The molecule has 1 rings (SSSR count). The highest BCUT2D eigenvalue weighted by Gasteiger charge is 2.12. The Bertz CT molecular complexity index is 322. The zero-order valence-corrected chi connectivity index (χ0v) is 10.8. The van der Waals surface area contributed by atoms with Crippen LogP contribution in [0.3, 0.4) is 0 Å². The molecular weight excluding hydrogens is 198 g/mol. The summed E-state index contributed by atoms with van der Waals surface area (Å²) < 4.78 is 0. The molecule has 0 aromatic heterocycles. The number of nitrogens with zero attached hydrogens (tertiary/aromatic N) is 1. The van der Waals surface area contributed by atoms with Crippen LogP contribution < -0.4 is 0 Å². The molecule has 1 aromatic carbocycles. The molecule has 0 radical (unpaired) electrons. The van der Waals surface area contributed by atoms with Crippen molar-refractivity contribution in [2.75, 3.05) is 13.6 Å². The molecule has 0 aliphatic carbocycles. The highest BCUT2D eigenvalue weighted by Crippen LogP contribution is 2.11. The number of aryl methyl sites for hydroxylation is 1. The predicted molar refractivity (Wildman–Crippen MR) is 68.4 cm³/mol. The summed E-state index contributed by atoms with van der Waals surface area (Å²) in [5.41, 5.74) is 2.65. The second-order valence-electron chi connectivity index (χ2n) is 4.93. The normalized spacial score (nSPS) is 13.4. The molecule has 0 amide bonds. The standard InChI is InChI=1S/C14H23NO/c1-11(2)14(16)10-15(4)9-13-8-6-5-7-12(13)3/h5-8,11,14,16H,9-10H2,1-4H3. The number of aliphatic hydroxyl groups is 1. The van der Waals surface area contributed by atoms with Crippen molar-refractivity contribution in [2.45, 2.75) is 33.4 Å². The number of aliphatic hydroxyl groups excluding tert-OH is 1. The van der Waals surface area contributed by atoms with E-state index in [1.54, 1.807) is 0 Å². The van der Waals surface area contributed by atoms with E-state index >= 15 is 0 Å². The van der Waals surface area contributed by atoms with Gasteiger partial charge in [-0.25, -0.2) is 0 Å². The molecular formula is C14H23NO. The molecule has 1 atom stereocenters. The maximum absolute atomic E-state index is 9.80. The van der Waals surface area contributed by atoms with Gasteiger partial charge in [0.05, 0.1) is 6.10 Å². The Morgan fingerprint density at radius 1 is 1.25 bits per heavy atom. The summed E-state index contributed by atoms with van der Waals surface area (Å²) in [5.74, 6) is 0.319. The number of hydrogen-bond acceptors (Lipinski definition) is 2. The fourth-order valence-corrected chi connectivity index (χ4v) is 1.67. The van der Waals surface area contributed by atoms with E-state index in [4.69, 9.17) is 0 Å². The molecule has 90 valence electrons. The van der Waals surface area contributed by atoms with Crippen LogP contribution in [0.2, 0.25) is 0 Å². The van der Waals surface area contributed by atoms with Crippen molar-refractivity contribution < 1.29 is 5.11 Å². The van der Waals surface area contributed by atoms with Gasteiger partial charge in [-0.1, -0.05) is 38.1 Å². The van der Waals surface area contributed by atoms with E-state index in [1.807, 2.05) is 13.8 Å². The minimum absolute atomic E-state index is 0.242. The predicted octanol–water partition coefficient (Wildman–Crippen LogP) is 2.44. The third kappa shape index (κ3) is 3.95. The lowest BCUT2D eigenvalue weighted by atomic mass is 10.1. The minimum Gasteiger partial charge on any atom is -0.392 e. The van der Waals surface area contributed by atoms with Crippen LogP contribution >= 0.6 is 0 Å². The lowest BCUT2D eigenvalue weighted by molar-refractivity contribution is 0.0838. The largest absolute Gasteiger partial charge is 0.392 e. The summed E-state index contributed by atoms with van der Waals surface area (Å²) in [6, 6.07) is 8.40. The quantitative estimate of drug-likeness (QED) is 0.825. The van der Waals surface area contributed by atoms with Gasteiger partial charge >= 0.3 is 0 Å². The molecule has 0 saturated carbocycles. The molecule has 1 N–H and O–H groups in total. The topological polar surface area (TPSA) is 23.5 Å². The van der Waals surface area contributed by atoms with Crippen LogP contribution in [-0.2, 0) is 6.54 Å². The van der Waals surface area contributed by atoms with E-state index in [1.165, 1.54) is 11.1 Å². The van der Waals surface area contributed by atoms with Crippen molar-refractivity contribution in [3.63, 3.8) is 0 Å².